The highest BCUT2D eigenvalue weighted by Gasteiger charge is 2.28. The van der Waals surface area contributed by atoms with Crippen LogP contribution in [0.15, 0.2) is 55.1 Å². The van der Waals surface area contributed by atoms with Crippen LogP contribution in [0.25, 0.3) is 5.82 Å². The molecular formula is C23H27N5O. The molecule has 0 unspecified atom stereocenters. The molecule has 0 radical (unpaired) electrons. The number of amides is 1. The van der Waals surface area contributed by atoms with Gasteiger partial charge in [-0.3, -0.25) is 14.3 Å². The number of nitrogens with zero attached hydrogens (tertiary/aromatic N) is 5. The van der Waals surface area contributed by atoms with Gasteiger partial charge in [0.25, 0.3) is 0 Å². The third-order valence-electron chi connectivity index (χ3n) is 5.60. The van der Waals surface area contributed by atoms with E-state index in [1.54, 1.807) is 18.6 Å². The van der Waals surface area contributed by atoms with Gasteiger partial charge in [-0.1, -0.05) is 37.3 Å². The smallest absolute Gasteiger partial charge is 0.222 e. The molecule has 1 amide bonds. The lowest BCUT2D eigenvalue weighted by atomic mass is 9.93. The Bertz CT molecular complexity index is 953. The number of hydrogen-bond donors (Lipinski definition) is 0. The van der Waals surface area contributed by atoms with E-state index in [0.29, 0.717) is 13.0 Å². The monoisotopic (exact) mass is 389 g/mol. The second-order valence-corrected chi connectivity index (χ2v) is 7.50. The highest BCUT2D eigenvalue weighted by Crippen LogP contribution is 2.29. The quantitative estimate of drug-likeness (QED) is 0.647. The first-order chi connectivity index (χ1) is 14.3. The molecule has 29 heavy (non-hydrogen) atoms. The van der Waals surface area contributed by atoms with Gasteiger partial charge in [-0.2, -0.15) is 0 Å². The van der Waals surface area contributed by atoms with Crippen molar-refractivity contribution < 1.29 is 4.79 Å². The SMILES string of the molecule is CCc1nccn1-c1nccnc1[C@H]1CCCN(C(=O)CCc2ccccc2)C1. The summed E-state index contributed by atoms with van der Waals surface area (Å²) in [6.45, 7) is 3.61. The van der Waals surface area contributed by atoms with Crippen LogP contribution in [0.1, 0.15) is 49.2 Å². The van der Waals surface area contributed by atoms with Crippen LogP contribution in [-0.2, 0) is 17.6 Å². The highest BCUT2D eigenvalue weighted by atomic mass is 16.2. The molecule has 1 aliphatic rings. The number of imidazole rings is 1. The summed E-state index contributed by atoms with van der Waals surface area (Å²) < 4.78 is 2.03. The van der Waals surface area contributed by atoms with Gasteiger partial charge in [0.15, 0.2) is 5.82 Å². The minimum Gasteiger partial charge on any atom is -0.342 e. The number of benzene rings is 1. The van der Waals surface area contributed by atoms with Gasteiger partial charge in [0.05, 0.1) is 5.69 Å². The van der Waals surface area contributed by atoms with Crippen LogP contribution in [0.5, 0.6) is 0 Å². The van der Waals surface area contributed by atoms with Gasteiger partial charge in [0.2, 0.25) is 5.91 Å². The number of hydrogen-bond acceptors (Lipinski definition) is 4. The highest BCUT2D eigenvalue weighted by molar-refractivity contribution is 5.76. The van der Waals surface area contributed by atoms with Gasteiger partial charge in [0.1, 0.15) is 5.82 Å². The van der Waals surface area contributed by atoms with E-state index >= 15 is 0 Å². The zero-order valence-electron chi connectivity index (χ0n) is 16.9. The van der Waals surface area contributed by atoms with E-state index in [2.05, 4.69) is 34.0 Å². The lowest BCUT2D eigenvalue weighted by Crippen LogP contribution is -2.39. The molecule has 1 atom stereocenters. The molecule has 0 N–H and O–H groups in total. The Hall–Kier alpha value is -3.02. The van der Waals surface area contributed by atoms with Crippen LogP contribution in [-0.4, -0.2) is 43.4 Å². The topological polar surface area (TPSA) is 63.9 Å². The fourth-order valence-electron chi connectivity index (χ4n) is 4.08. The van der Waals surface area contributed by atoms with Crippen LogP contribution in [0, 0.1) is 0 Å². The van der Waals surface area contributed by atoms with Crippen molar-refractivity contribution in [1.29, 1.82) is 0 Å². The first-order valence-corrected chi connectivity index (χ1v) is 10.4. The third kappa shape index (κ3) is 4.36. The second kappa shape index (κ2) is 8.99. The fraction of sp³-hybridized carbons (Fsp3) is 0.391. The summed E-state index contributed by atoms with van der Waals surface area (Å²) in [5.41, 5.74) is 2.17. The maximum absolute atomic E-state index is 12.8. The number of carbonyl (C=O) groups is 1. The third-order valence-corrected chi connectivity index (χ3v) is 5.60. The van der Waals surface area contributed by atoms with Crippen molar-refractivity contribution in [2.24, 2.45) is 0 Å². The van der Waals surface area contributed by atoms with Crippen LogP contribution < -0.4 is 0 Å². The molecule has 1 saturated heterocycles. The molecule has 4 rings (SSSR count). The molecule has 150 valence electrons. The van der Waals surface area contributed by atoms with Gasteiger partial charge < -0.3 is 4.90 Å². The van der Waals surface area contributed by atoms with E-state index in [-0.39, 0.29) is 11.8 Å². The van der Waals surface area contributed by atoms with Gasteiger partial charge in [-0.25, -0.2) is 9.97 Å². The Balaban J connectivity index is 1.48. The molecule has 2 aromatic heterocycles. The molecule has 1 aliphatic heterocycles. The second-order valence-electron chi connectivity index (χ2n) is 7.50. The molecule has 0 saturated carbocycles. The Kier molecular flexibility index (Phi) is 5.98. The minimum absolute atomic E-state index is 0.195. The molecule has 0 bridgehead atoms. The largest absolute Gasteiger partial charge is 0.342 e. The lowest BCUT2D eigenvalue weighted by Gasteiger charge is -2.33. The van der Waals surface area contributed by atoms with Crippen molar-refractivity contribution in [3.63, 3.8) is 0 Å². The summed E-state index contributed by atoms with van der Waals surface area (Å²) in [5.74, 6) is 2.23. The molecule has 6 nitrogen and oxygen atoms in total. The zero-order valence-corrected chi connectivity index (χ0v) is 16.9. The van der Waals surface area contributed by atoms with Crippen molar-refractivity contribution in [3.05, 3.63) is 72.2 Å². The van der Waals surface area contributed by atoms with E-state index in [1.807, 2.05) is 33.9 Å². The van der Waals surface area contributed by atoms with Crippen molar-refractivity contribution in [1.82, 2.24) is 24.4 Å². The summed E-state index contributed by atoms with van der Waals surface area (Å²) in [6, 6.07) is 10.2. The molecule has 0 aliphatic carbocycles. The lowest BCUT2D eigenvalue weighted by molar-refractivity contribution is -0.132. The minimum atomic E-state index is 0.195. The maximum atomic E-state index is 12.8. The summed E-state index contributed by atoms with van der Waals surface area (Å²) in [5, 5.41) is 0. The van der Waals surface area contributed by atoms with E-state index in [9.17, 15) is 4.79 Å². The summed E-state index contributed by atoms with van der Waals surface area (Å²) in [6.07, 6.45) is 11.4. The normalized spacial score (nSPS) is 16.7. The molecule has 3 heterocycles. The predicted molar refractivity (Wildman–Crippen MR) is 112 cm³/mol. The number of aryl methyl sites for hydroxylation is 2. The van der Waals surface area contributed by atoms with Crippen LogP contribution in [0.2, 0.25) is 0 Å². The van der Waals surface area contributed by atoms with Crippen molar-refractivity contribution in [3.8, 4) is 5.82 Å². The molecule has 1 fully saturated rings. The van der Waals surface area contributed by atoms with E-state index < -0.39 is 0 Å². The first-order valence-electron chi connectivity index (χ1n) is 10.4. The number of rotatable bonds is 6. The molecule has 6 heteroatoms. The molecule has 3 aromatic rings. The molecule has 1 aromatic carbocycles. The average molecular weight is 390 g/mol. The Labute approximate surface area is 171 Å². The van der Waals surface area contributed by atoms with E-state index in [0.717, 1.165) is 49.6 Å². The Morgan fingerprint density at radius 1 is 1.10 bits per heavy atom. The number of piperidine rings is 1. The standard InChI is InChI=1S/C23H27N5O/c1-2-20-24-14-16-28(20)23-22(25-12-13-26-23)19-9-6-15-27(17-19)21(29)11-10-18-7-4-3-5-8-18/h3-5,7-8,12-14,16,19H,2,6,9-11,15,17H2,1H3/t19-/m0/s1. The van der Waals surface area contributed by atoms with Crippen molar-refractivity contribution in [2.75, 3.05) is 13.1 Å². The summed E-state index contributed by atoms with van der Waals surface area (Å²) in [4.78, 5) is 28.5. The first kappa shape index (κ1) is 19.3. The average Bonchev–Trinajstić information content (AvgIpc) is 3.27. The van der Waals surface area contributed by atoms with Gasteiger partial charge >= 0.3 is 0 Å². The predicted octanol–water partition coefficient (Wildman–Crippen LogP) is 3.56. The zero-order chi connectivity index (χ0) is 20.1. The Morgan fingerprint density at radius 3 is 2.76 bits per heavy atom. The van der Waals surface area contributed by atoms with E-state index in [1.165, 1.54) is 5.56 Å². The molecule has 0 spiro atoms. The van der Waals surface area contributed by atoms with Crippen LogP contribution >= 0.6 is 0 Å². The van der Waals surface area contributed by atoms with Gasteiger partial charge in [-0.05, 0) is 24.8 Å². The van der Waals surface area contributed by atoms with Crippen LogP contribution in [0.3, 0.4) is 0 Å². The Morgan fingerprint density at radius 2 is 1.93 bits per heavy atom. The fourth-order valence-corrected chi connectivity index (χ4v) is 4.08. The number of aromatic nitrogens is 4. The summed E-state index contributed by atoms with van der Waals surface area (Å²) >= 11 is 0. The van der Waals surface area contributed by atoms with E-state index in [4.69, 9.17) is 0 Å². The van der Waals surface area contributed by atoms with Crippen molar-refractivity contribution in [2.45, 2.75) is 44.9 Å². The van der Waals surface area contributed by atoms with Crippen molar-refractivity contribution >= 4 is 5.91 Å². The van der Waals surface area contributed by atoms with Gasteiger partial charge in [-0.15, -0.1) is 0 Å². The van der Waals surface area contributed by atoms with Gasteiger partial charge in [0, 0.05) is 56.6 Å². The summed E-state index contributed by atoms with van der Waals surface area (Å²) in [7, 11) is 0. The van der Waals surface area contributed by atoms with Crippen LogP contribution in [0.4, 0.5) is 0 Å². The number of likely N-dealkylation sites (tertiary alicyclic amines) is 1. The number of carbonyl (C=O) groups excluding carboxylic acids is 1. The molecular weight excluding hydrogens is 362 g/mol. The maximum Gasteiger partial charge on any atom is 0.222 e.